The second-order valence-corrected chi connectivity index (χ2v) is 4.40. The Morgan fingerprint density at radius 1 is 1.31 bits per heavy atom. The van der Waals surface area contributed by atoms with Crippen LogP contribution in [-0.2, 0) is 4.79 Å². The van der Waals surface area contributed by atoms with E-state index in [0.29, 0.717) is 0 Å². The quantitative estimate of drug-likeness (QED) is 0.481. The minimum atomic E-state index is -0.931. The van der Waals surface area contributed by atoms with Crippen LogP contribution in [0.3, 0.4) is 0 Å². The molecule has 0 bridgehead atoms. The van der Waals surface area contributed by atoms with Gasteiger partial charge in [-0.3, -0.25) is 0 Å². The summed E-state index contributed by atoms with van der Waals surface area (Å²) in [6.45, 7) is 2.12. The molecule has 0 saturated carbocycles. The molecule has 0 aliphatic heterocycles. The lowest BCUT2D eigenvalue weighted by atomic mass is 10.2. The van der Waals surface area contributed by atoms with Gasteiger partial charge in [0.15, 0.2) is 0 Å². The molecule has 1 N–H and O–H groups in total. The van der Waals surface area contributed by atoms with Crippen LogP contribution in [0, 0.1) is 0 Å². The molecule has 0 aromatic heterocycles. The average molecular weight is 234 g/mol. The van der Waals surface area contributed by atoms with Crippen LogP contribution in [0.15, 0.2) is 47.4 Å². The first-order valence-electron chi connectivity index (χ1n) is 5.03. The van der Waals surface area contributed by atoms with E-state index in [4.69, 9.17) is 5.11 Å². The van der Waals surface area contributed by atoms with E-state index in [1.54, 1.807) is 17.8 Å². The zero-order chi connectivity index (χ0) is 11.8. The van der Waals surface area contributed by atoms with Gasteiger partial charge in [0.25, 0.3) is 0 Å². The molecule has 1 aromatic rings. The van der Waals surface area contributed by atoms with Crippen molar-refractivity contribution in [2.75, 3.05) is 5.75 Å². The average Bonchev–Trinajstić information content (AvgIpc) is 2.27. The van der Waals surface area contributed by atoms with E-state index in [9.17, 15) is 4.79 Å². The first kappa shape index (κ1) is 12.6. The van der Waals surface area contributed by atoms with E-state index < -0.39 is 5.97 Å². The first-order valence-corrected chi connectivity index (χ1v) is 6.01. The Bertz CT molecular complexity index is 391. The van der Waals surface area contributed by atoms with Crippen molar-refractivity contribution < 1.29 is 9.90 Å². The van der Waals surface area contributed by atoms with Gasteiger partial charge < -0.3 is 5.11 Å². The van der Waals surface area contributed by atoms with E-state index >= 15 is 0 Å². The van der Waals surface area contributed by atoms with Crippen molar-refractivity contribution in [3.05, 3.63) is 48.1 Å². The number of benzene rings is 1. The molecule has 0 saturated heterocycles. The van der Waals surface area contributed by atoms with Crippen molar-refractivity contribution in [3.63, 3.8) is 0 Å². The molecular weight excluding hydrogens is 220 g/mol. The lowest BCUT2D eigenvalue weighted by Crippen LogP contribution is -1.84. The summed E-state index contributed by atoms with van der Waals surface area (Å²) in [5.74, 6) is 0.135. The molecule has 84 valence electrons. The van der Waals surface area contributed by atoms with Gasteiger partial charge in [-0.1, -0.05) is 37.3 Å². The van der Waals surface area contributed by atoms with Crippen LogP contribution in [0.4, 0.5) is 0 Å². The zero-order valence-electron chi connectivity index (χ0n) is 9.09. The number of hydrogen-bond donors (Lipinski definition) is 1. The predicted molar refractivity (Wildman–Crippen MR) is 68.6 cm³/mol. The van der Waals surface area contributed by atoms with E-state index in [1.807, 2.05) is 18.2 Å². The molecular formula is C13H14O2S. The third-order valence-electron chi connectivity index (χ3n) is 1.83. The van der Waals surface area contributed by atoms with Gasteiger partial charge in [-0.15, -0.1) is 11.8 Å². The highest BCUT2D eigenvalue weighted by Crippen LogP contribution is 2.18. The van der Waals surface area contributed by atoms with Gasteiger partial charge in [0.1, 0.15) is 0 Å². The Kier molecular flexibility index (Phi) is 5.43. The van der Waals surface area contributed by atoms with Crippen molar-refractivity contribution in [1.82, 2.24) is 0 Å². The van der Waals surface area contributed by atoms with Gasteiger partial charge in [0.05, 0.1) is 0 Å². The van der Waals surface area contributed by atoms with E-state index in [0.717, 1.165) is 17.4 Å². The summed E-state index contributed by atoms with van der Waals surface area (Å²) in [7, 11) is 0. The monoisotopic (exact) mass is 234 g/mol. The minimum absolute atomic E-state index is 0.931. The van der Waals surface area contributed by atoms with E-state index in [1.165, 1.54) is 11.0 Å². The number of allylic oxidation sites excluding steroid dienone is 2. The molecule has 0 unspecified atom stereocenters. The predicted octanol–water partition coefficient (Wildman–Crippen LogP) is 3.45. The van der Waals surface area contributed by atoms with Crippen LogP contribution in [0.1, 0.15) is 12.5 Å². The molecule has 0 radical (unpaired) electrons. The van der Waals surface area contributed by atoms with Crippen molar-refractivity contribution >= 4 is 23.8 Å². The summed E-state index contributed by atoms with van der Waals surface area (Å²) in [5.41, 5.74) is 1.07. The summed E-state index contributed by atoms with van der Waals surface area (Å²) >= 11 is 1.80. The normalized spacial score (nSPS) is 11.3. The number of carbonyl (C=O) groups is 1. The molecule has 3 heteroatoms. The molecule has 0 amide bonds. The Hall–Kier alpha value is -1.48. The lowest BCUT2D eigenvalue weighted by molar-refractivity contribution is -0.131. The molecule has 0 aliphatic carbocycles. The van der Waals surface area contributed by atoms with Gasteiger partial charge in [0.2, 0.25) is 0 Å². The molecule has 1 aromatic carbocycles. The van der Waals surface area contributed by atoms with Gasteiger partial charge in [0, 0.05) is 11.0 Å². The Morgan fingerprint density at radius 2 is 2.00 bits per heavy atom. The van der Waals surface area contributed by atoms with Crippen molar-refractivity contribution in [2.24, 2.45) is 0 Å². The number of hydrogen-bond acceptors (Lipinski definition) is 2. The summed E-state index contributed by atoms with van der Waals surface area (Å²) < 4.78 is 0. The Labute approximate surface area is 99.7 Å². The highest BCUT2D eigenvalue weighted by Gasteiger charge is 1.90. The van der Waals surface area contributed by atoms with Gasteiger partial charge in [-0.25, -0.2) is 4.79 Å². The van der Waals surface area contributed by atoms with Crippen LogP contribution >= 0.6 is 11.8 Å². The Morgan fingerprint density at radius 3 is 2.56 bits per heavy atom. The fourth-order valence-electron chi connectivity index (χ4n) is 1.15. The number of carboxylic acid groups (broad SMARTS) is 1. The fraction of sp³-hybridized carbons (Fsp3) is 0.154. The maximum Gasteiger partial charge on any atom is 0.328 e. The smallest absolute Gasteiger partial charge is 0.328 e. The third-order valence-corrected chi connectivity index (χ3v) is 2.72. The van der Waals surface area contributed by atoms with E-state index in [2.05, 4.69) is 19.1 Å². The summed E-state index contributed by atoms with van der Waals surface area (Å²) in [4.78, 5) is 11.5. The fourth-order valence-corrected chi connectivity index (χ4v) is 1.81. The number of aliphatic carboxylic acids is 1. The molecule has 0 fully saturated rings. The standard InChI is InChI=1S/C13H14O2S/c1-2-16-12-9-7-11(8-10-12)5-3-4-6-13(14)15/h3-10H,2H2,1H3,(H,14,15)/b5-3+,6-4+. The first-order chi connectivity index (χ1) is 7.72. The number of carboxylic acids is 1. The lowest BCUT2D eigenvalue weighted by Gasteiger charge is -1.98. The van der Waals surface area contributed by atoms with Crippen molar-refractivity contribution in [1.29, 1.82) is 0 Å². The number of thioether (sulfide) groups is 1. The zero-order valence-corrected chi connectivity index (χ0v) is 9.91. The molecule has 2 nitrogen and oxygen atoms in total. The molecule has 0 atom stereocenters. The summed E-state index contributed by atoms with van der Waals surface area (Å²) in [6, 6.07) is 8.16. The van der Waals surface area contributed by atoms with Gasteiger partial charge in [-0.05, 0) is 23.4 Å². The second kappa shape index (κ2) is 6.90. The largest absolute Gasteiger partial charge is 0.478 e. The molecule has 0 spiro atoms. The van der Waals surface area contributed by atoms with Gasteiger partial charge >= 0.3 is 5.97 Å². The molecule has 1 rings (SSSR count). The Balaban J connectivity index is 2.58. The molecule has 0 heterocycles. The maximum absolute atomic E-state index is 10.2. The van der Waals surface area contributed by atoms with Crippen LogP contribution in [0.25, 0.3) is 6.08 Å². The number of rotatable bonds is 5. The summed E-state index contributed by atoms with van der Waals surface area (Å²) in [6.07, 6.45) is 6.21. The summed E-state index contributed by atoms with van der Waals surface area (Å²) in [5, 5.41) is 8.38. The van der Waals surface area contributed by atoms with Gasteiger partial charge in [-0.2, -0.15) is 0 Å². The van der Waals surface area contributed by atoms with Crippen molar-refractivity contribution in [2.45, 2.75) is 11.8 Å². The maximum atomic E-state index is 10.2. The molecule has 16 heavy (non-hydrogen) atoms. The topological polar surface area (TPSA) is 37.3 Å². The highest BCUT2D eigenvalue weighted by atomic mass is 32.2. The van der Waals surface area contributed by atoms with Crippen LogP contribution in [0.2, 0.25) is 0 Å². The third kappa shape index (κ3) is 4.84. The van der Waals surface area contributed by atoms with Crippen molar-refractivity contribution in [3.8, 4) is 0 Å². The van der Waals surface area contributed by atoms with E-state index in [-0.39, 0.29) is 0 Å². The second-order valence-electron chi connectivity index (χ2n) is 3.06. The van der Waals surface area contributed by atoms with Crippen LogP contribution < -0.4 is 0 Å². The SMILES string of the molecule is CCSc1ccc(/C=C/C=C/C(=O)O)cc1. The highest BCUT2D eigenvalue weighted by molar-refractivity contribution is 7.99. The van der Waals surface area contributed by atoms with Crippen LogP contribution in [-0.4, -0.2) is 16.8 Å². The van der Waals surface area contributed by atoms with Crippen LogP contribution in [0.5, 0.6) is 0 Å². The minimum Gasteiger partial charge on any atom is -0.478 e. The molecule has 0 aliphatic rings.